The van der Waals surface area contributed by atoms with Gasteiger partial charge in [0.05, 0.1) is 6.54 Å². The molecule has 0 aromatic heterocycles. The first kappa shape index (κ1) is 22.2. The Morgan fingerprint density at radius 2 is 1.59 bits per heavy atom. The predicted molar refractivity (Wildman–Crippen MR) is 106 cm³/mol. The van der Waals surface area contributed by atoms with Crippen LogP contribution in [0.2, 0.25) is 0 Å². The molecule has 0 radical (unpaired) electrons. The van der Waals surface area contributed by atoms with E-state index in [2.05, 4.69) is 5.32 Å². The first-order valence-electron chi connectivity index (χ1n) is 8.68. The summed E-state index contributed by atoms with van der Waals surface area (Å²) >= 11 is 0. The average molecular weight is 375 g/mol. The van der Waals surface area contributed by atoms with E-state index in [0.717, 1.165) is 10.5 Å². The summed E-state index contributed by atoms with van der Waals surface area (Å²) in [5.74, 6) is -0.420. The molecular formula is C20H29N3O4. The molecule has 0 saturated carbocycles. The van der Waals surface area contributed by atoms with E-state index in [1.54, 1.807) is 47.6 Å². The van der Waals surface area contributed by atoms with Crippen LogP contribution >= 0.6 is 0 Å². The number of carbonyl (C=O) groups is 2. The molecule has 0 unspecified atom stereocenters. The highest BCUT2D eigenvalue weighted by Gasteiger charge is 2.26. The zero-order chi connectivity index (χ0) is 20.7. The summed E-state index contributed by atoms with van der Waals surface area (Å²) in [5, 5.41) is 10.3. The van der Waals surface area contributed by atoms with Gasteiger partial charge >= 0.3 is 12.2 Å². The van der Waals surface area contributed by atoms with Crippen molar-refractivity contribution < 1.29 is 19.1 Å². The molecule has 0 atom stereocenters. The lowest BCUT2D eigenvalue weighted by molar-refractivity contribution is 0.0372. The minimum Gasteiger partial charge on any atom is -0.444 e. The molecule has 1 rings (SSSR count). The molecular weight excluding hydrogens is 346 g/mol. The van der Waals surface area contributed by atoms with Gasteiger partial charge in [0, 0.05) is 0 Å². The summed E-state index contributed by atoms with van der Waals surface area (Å²) in [6.07, 6.45) is 1.98. The number of amides is 2. The highest BCUT2D eigenvalue weighted by Crippen LogP contribution is 2.11. The Morgan fingerprint density at radius 1 is 1.04 bits per heavy atom. The maximum absolute atomic E-state index is 12.4. The Balaban J connectivity index is 2.86. The second-order valence-corrected chi connectivity index (χ2v) is 7.88. The second kappa shape index (κ2) is 9.21. The van der Waals surface area contributed by atoms with Crippen molar-refractivity contribution in [2.75, 3.05) is 6.54 Å². The smallest absolute Gasteiger partial charge is 0.417 e. The van der Waals surface area contributed by atoms with Crippen molar-refractivity contribution in [2.24, 2.45) is 0 Å². The maximum atomic E-state index is 12.4. The van der Waals surface area contributed by atoms with Crippen LogP contribution in [0, 0.1) is 5.41 Å². The number of rotatable bonds is 3. The van der Waals surface area contributed by atoms with Crippen molar-refractivity contribution in [2.45, 2.75) is 52.7 Å². The van der Waals surface area contributed by atoms with Gasteiger partial charge in [0.1, 0.15) is 11.2 Å². The fraction of sp³-hybridized carbons (Fsp3) is 0.450. The zero-order valence-corrected chi connectivity index (χ0v) is 16.8. The first-order chi connectivity index (χ1) is 12.4. The van der Waals surface area contributed by atoms with Crippen molar-refractivity contribution in [3.63, 3.8) is 0 Å². The first-order valence-corrected chi connectivity index (χ1v) is 8.68. The molecule has 0 fully saturated rings. The van der Waals surface area contributed by atoms with E-state index in [1.165, 1.54) is 0 Å². The van der Waals surface area contributed by atoms with E-state index in [9.17, 15) is 9.59 Å². The molecule has 0 aliphatic heterocycles. The molecule has 148 valence electrons. The molecule has 0 heterocycles. The third-order valence-corrected chi connectivity index (χ3v) is 2.90. The van der Waals surface area contributed by atoms with Crippen LogP contribution in [0.5, 0.6) is 0 Å². The maximum Gasteiger partial charge on any atom is 0.417 e. The van der Waals surface area contributed by atoms with Crippen LogP contribution in [0.25, 0.3) is 6.08 Å². The summed E-state index contributed by atoms with van der Waals surface area (Å²) in [5.41, 5.74) is -0.493. The molecule has 0 bridgehead atoms. The van der Waals surface area contributed by atoms with Gasteiger partial charge in [0.2, 0.25) is 5.96 Å². The number of guanidine groups is 1. The van der Waals surface area contributed by atoms with E-state index >= 15 is 0 Å². The van der Waals surface area contributed by atoms with Crippen molar-refractivity contribution >= 4 is 24.2 Å². The van der Waals surface area contributed by atoms with E-state index in [1.807, 2.05) is 36.4 Å². The normalized spacial score (nSPS) is 11.8. The van der Waals surface area contributed by atoms with Gasteiger partial charge in [-0.05, 0) is 47.1 Å². The lowest BCUT2D eigenvalue weighted by atomic mass is 10.2. The van der Waals surface area contributed by atoms with Gasteiger partial charge in [0.25, 0.3) is 0 Å². The van der Waals surface area contributed by atoms with Crippen LogP contribution in [-0.2, 0) is 9.47 Å². The number of hydrogen-bond acceptors (Lipinski definition) is 5. The van der Waals surface area contributed by atoms with Crippen LogP contribution in [0.3, 0.4) is 0 Å². The van der Waals surface area contributed by atoms with Crippen LogP contribution < -0.4 is 5.32 Å². The molecule has 0 saturated heterocycles. The van der Waals surface area contributed by atoms with Crippen LogP contribution in [0.1, 0.15) is 47.1 Å². The fourth-order valence-electron chi connectivity index (χ4n) is 1.90. The molecule has 1 aromatic carbocycles. The summed E-state index contributed by atoms with van der Waals surface area (Å²) in [6.45, 7) is 10.4. The molecule has 7 heteroatoms. The standard InChI is InChI=1S/C20H29N3O4/c1-19(2,3)26-17(24)22-16(21)23(18(25)27-20(4,5)6)14-10-13-15-11-8-7-9-12-15/h7-13H,14H2,1-6H3,(H2,21,22,24)/b13-10+. The molecule has 0 aliphatic rings. The van der Waals surface area contributed by atoms with Crippen molar-refractivity contribution in [3.8, 4) is 0 Å². The highest BCUT2D eigenvalue weighted by atomic mass is 16.6. The lowest BCUT2D eigenvalue weighted by Gasteiger charge is -2.27. The fourth-order valence-corrected chi connectivity index (χ4v) is 1.90. The Hall–Kier alpha value is -2.83. The zero-order valence-electron chi connectivity index (χ0n) is 16.8. The molecule has 0 aliphatic carbocycles. The summed E-state index contributed by atoms with van der Waals surface area (Å²) in [6, 6.07) is 9.54. The van der Waals surface area contributed by atoms with Gasteiger partial charge in [0.15, 0.2) is 0 Å². The van der Waals surface area contributed by atoms with Crippen LogP contribution in [0.15, 0.2) is 36.4 Å². The number of carbonyl (C=O) groups excluding carboxylic acids is 2. The molecule has 27 heavy (non-hydrogen) atoms. The topological polar surface area (TPSA) is 91.7 Å². The number of ether oxygens (including phenoxy) is 2. The van der Waals surface area contributed by atoms with E-state index in [0.29, 0.717) is 0 Å². The van der Waals surface area contributed by atoms with Crippen molar-refractivity contribution in [3.05, 3.63) is 42.0 Å². The quantitative estimate of drug-likeness (QED) is 0.605. The number of hydrogen-bond donors (Lipinski definition) is 2. The Labute approximate surface area is 160 Å². The van der Waals surface area contributed by atoms with Gasteiger partial charge in [-0.1, -0.05) is 42.5 Å². The average Bonchev–Trinajstić information content (AvgIpc) is 2.48. The summed E-state index contributed by atoms with van der Waals surface area (Å²) < 4.78 is 10.5. The number of nitrogens with zero attached hydrogens (tertiary/aromatic N) is 1. The third-order valence-electron chi connectivity index (χ3n) is 2.90. The molecule has 2 amide bonds. The molecule has 1 aromatic rings. The van der Waals surface area contributed by atoms with Gasteiger partial charge in [-0.15, -0.1) is 0 Å². The Bertz CT molecular complexity index is 685. The number of nitrogens with one attached hydrogen (secondary N) is 2. The molecule has 2 N–H and O–H groups in total. The van der Waals surface area contributed by atoms with Gasteiger partial charge in [-0.25, -0.2) is 14.5 Å². The summed E-state index contributed by atoms with van der Waals surface area (Å²) in [4.78, 5) is 25.4. The highest BCUT2D eigenvalue weighted by molar-refractivity contribution is 6.00. The van der Waals surface area contributed by atoms with Gasteiger partial charge in [-0.3, -0.25) is 10.7 Å². The van der Waals surface area contributed by atoms with E-state index in [-0.39, 0.29) is 6.54 Å². The monoisotopic (exact) mass is 375 g/mol. The third kappa shape index (κ3) is 9.44. The van der Waals surface area contributed by atoms with Gasteiger partial charge < -0.3 is 9.47 Å². The van der Waals surface area contributed by atoms with Crippen LogP contribution in [-0.4, -0.2) is 40.8 Å². The van der Waals surface area contributed by atoms with E-state index < -0.39 is 29.3 Å². The van der Waals surface area contributed by atoms with E-state index in [4.69, 9.17) is 14.9 Å². The minimum atomic E-state index is -0.812. The van der Waals surface area contributed by atoms with Crippen LogP contribution in [0.4, 0.5) is 9.59 Å². The lowest BCUT2D eigenvalue weighted by Crippen LogP contribution is -2.49. The largest absolute Gasteiger partial charge is 0.444 e. The number of alkyl carbamates (subject to hydrolysis) is 1. The van der Waals surface area contributed by atoms with Gasteiger partial charge in [-0.2, -0.15) is 0 Å². The molecule has 0 spiro atoms. The predicted octanol–water partition coefficient (Wildman–Crippen LogP) is 4.40. The number of benzene rings is 1. The van der Waals surface area contributed by atoms with Crippen molar-refractivity contribution in [1.29, 1.82) is 5.41 Å². The second-order valence-electron chi connectivity index (χ2n) is 7.88. The SMILES string of the molecule is CC(C)(C)OC(=O)NC(=N)N(C/C=C/c1ccccc1)C(=O)OC(C)(C)C. The minimum absolute atomic E-state index is 0.0540. The Kier molecular flexibility index (Phi) is 7.57. The molecule has 7 nitrogen and oxygen atoms in total. The van der Waals surface area contributed by atoms with Crippen molar-refractivity contribution in [1.82, 2.24) is 10.2 Å². The summed E-state index contributed by atoms with van der Waals surface area (Å²) in [7, 11) is 0. The Morgan fingerprint density at radius 3 is 2.11 bits per heavy atom.